The van der Waals surface area contributed by atoms with E-state index < -0.39 is 0 Å². The second-order valence-corrected chi connectivity index (χ2v) is 8.82. The predicted octanol–water partition coefficient (Wildman–Crippen LogP) is 2.86. The van der Waals surface area contributed by atoms with E-state index in [-0.39, 0.29) is 17.4 Å². The van der Waals surface area contributed by atoms with Gasteiger partial charge in [0.2, 0.25) is 5.91 Å². The molecule has 1 spiro atoms. The van der Waals surface area contributed by atoms with Gasteiger partial charge in [-0.3, -0.25) is 9.59 Å². The van der Waals surface area contributed by atoms with Crippen LogP contribution in [0.15, 0.2) is 60.9 Å². The van der Waals surface area contributed by atoms with Crippen molar-refractivity contribution in [3.05, 3.63) is 77.9 Å². The molecule has 2 aliphatic rings. The van der Waals surface area contributed by atoms with Crippen molar-refractivity contribution in [1.29, 1.82) is 0 Å². The molecule has 0 unspecified atom stereocenters. The number of aromatic amines is 1. The number of piperidine rings is 1. The molecule has 0 bridgehead atoms. The van der Waals surface area contributed by atoms with Gasteiger partial charge < -0.3 is 20.5 Å². The third-order valence-corrected chi connectivity index (χ3v) is 6.86. The lowest BCUT2D eigenvalue weighted by atomic mass is 9.80. The van der Waals surface area contributed by atoms with Crippen LogP contribution in [0.4, 0.5) is 0 Å². The molecule has 1 aromatic heterocycles. The number of rotatable bonds is 5. The van der Waals surface area contributed by atoms with Gasteiger partial charge in [0.1, 0.15) is 0 Å². The number of carbonyl (C=O) groups excluding carboxylic acids is 2. The Bertz CT molecular complexity index is 1120. The van der Waals surface area contributed by atoms with E-state index >= 15 is 0 Å². The highest BCUT2D eigenvalue weighted by Gasteiger charge is 2.41. The van der Waals surface area contributed by atoms with Crippen LogP contribution in [-0.4, -0.2) is 52.9 Å². The molecule has 3 heterocycles. The monoisotopic (exact) mass is 443 g/mol. The first kappa shape index (κ1) is 21.4. The summed E-state index contributed by atoms with van der Waals surface area (Å²) in [5, 5.41) is 6.53. The van der Waals surface area contributed by atoms with Crippen LogP contribution in [0.25, 0.3) is 11.1 Å². The number of nitrogens with zero attached hydrogens (tertiary/aromatic N) is 2. The normalized spacial score (nSPS) is 16.9. The van der Waals surface area contributed by atoms with Crippen molar-refractivity contribution in [3.63, 3.8) is 0 Å². The van der Waals surface area contributed by atoms with Crippen molar-refractivity contribution >= 4 is 11.8 Å². The zero-order valence-electron chi connectivity index (χ0n) is 18.6. The fourth-order valence-corrected chi connectivity index (χ4v) is 4.97. The zero-order chi connectivity index (χ0) is 22.7. The molecule has 3 N–H and O–H groups in total. The average molecular weight is 444 g/mol. The topological polar surface area (TPSA) is 90.1 Å². The highest BCUT2D eigenvalue weighted by atomic mass is 16.2. The van der Waals surface area contributed by atoms with Crippen LogP contribution in [0.5, 0.6) is 0 Å². The second-order valence-electron chi connectivity index (χ2n) is 8.82. The molecule has 2 aromatic carbocycles. The molecule has 0 radical (unpaired) electrons. The molecule has 7 nitrogen and oxygen atoms in total. The Hall–Kier alpha value is -3.45. The number of hydrogen-bond acceptors (Lipinski definition) is 4. The predicted molar refractivity (Wildman–Crippen MR) is 127 cm³/mol. The van der Waals surface area contributed by atoms with Gasteiger partial charge in [0.25, 0.3) is 5.91 Å². The smallest absolute Gasteiger partial charge is 0.251 e. The summed E-state index contributed by atoms with van der Waals surface area (Å²) in [6.45, 7) is 2.67. The van der Waals surface area contributed by atoms with Crippen LogP contribution in [0.1, 0.15) is 41.0 Å². The van der Waals surface area contributed by atoms with Gasteiger partial charge >= 0.3 is 0 Å². The number of benzene rings is 2. The summed E-state index contributed by atoms with van der Waals surface area (Å²) in [5.74, 6) is -0.0693. The van der Waals surface area contributed by atoms with Crippen LogP contribution in [0.3, 0.4) is 0 Å². The number of hydrogen-bond donors (Lipinski definition) is 3. The summed E-state index contributed by atoms with van der Waals surface area (Å²) in [6, 6.07) is 17.6. The molecular formula is C26H29N5O2. The fraction of sp³-hybridized carbons (Fsp3) is 0.346. The van der Waals surface area contributed by atoms with E-state index in [9.17, 15) is 9.59 Å². The molecule has 1 saturated heterocycles. The highest BCUT2D eigenvalue weighted by molar-refractivity contribution is 5.95. The lowest BCUT2D eigenvalue weighted by Crippen LogP contribution is -2.55. The Labute approximate surface area is 193 Å². The summed E-state index contributed by atoms with van der Waals surface area (Å²) < 4.78 is 0. The Morgan fingerprint density at radius 3 is 2.48 bits per heavy atom. The minimum atomic E-state index is -0.155. The number of aromatic nitrogens is 2. The SMILES string of the molecule is O=C(NCCC(=O)N1CCC2(CC1)NCCc1[nH]cnc12)c1ccc(-c2ccccc2)cc1. The first-order chi connectivity index (χ1) is 16.1. The summed E-state index contributed by atoms with van der Waals surface area (Å²) >= 11 is 0. The quantitative estimate of drug-likeness (QED) is 0.566. The molecule has 1 fully saturated rings. The maximum atomic E-state index is 12.7. The summed E-state index contributed by atoms with van der Waals surface area (Å²) in [7, 11) is 0. The average Bonchev–Trinajstić information content (AvgIpc) is 3.36. The minimum Gasteiger partial charge on any atom is -0.352 e. The number of fused-ring (bicyclic) bond motifs is 2. The zero-order valence-corrected chi connectivity index (χ0v) is 18.6. The van der Waals surface area contributed by atoms with Crippen LogP contribution in [0, 0.1) is 0 Å². The van der Waals surface area contributed by atoms with Crippen molar-refractivity contribution in [2.75, 3.05) is 26.2 Å². The van der Waals surface area contributed by atoms with E-state index in [1.54, 1.807) is 6.33 Å². The van der Waals surface area contributed by atoms with Crippen LogP contribution < -0.4 is 10.6 Å². The van der Waals surface area contributed by atoms with Crippen LogP contribution in [-0.2, 0) is 16.8 Å². The maximum Gasteiger partial charge on any atom is 0.251 e. The molecule has 7 heteroatoms. The molecule has 3 aromatic rings. The van der Waals surface area contributed by atoms with Gasteiger partial charge in [-0.25, -0.2) is 4.98 Å². The van der Waals surface area contributed by atoms with Gasteiger partial charge in [0.15, 0.2) is 0 Å². The Morgan fingerprint density at radius 1 is 1.00 bits per heavy atom. The Balaban J connectivity index is 1.10. The van der Waals surface area contributed by atoms with E-state index in [2.05, 4.69) is 20.6 Å². The van der Waals surface area contributed by atoms with E-state index in [1.165, 1.54) is 5.69 Å². The van der Waals surface area contributed by atoms with Gasteiger partial charge in [0.05, 0.1) is 17.6 Å². The lowest BCUT2D eigenvalue weighted by Gasteiger charge is -2.44. The summed E-state index contributed by atoms with van der Waals surface area (Å²) in [4.78, 5) is 34.9. The number of carbonyl (C=O) groups is 2. The van der Waals surface area contributed by atoms with Gasteiger partial charge in [-0.15, -0.1) is 0 Å². The fourth-order valence-electron chi connectivity index (χ4n) is 4.97. The van der Waals surface area contributed by atoms with Gasteiger partial charge in [-0.2, -0.15) is 0 Å². The molecule has 0 saturated carbocycles. The van der Waals surface area contributed by atoms with Crippen molar-refractivity contribution in [1.82, 2.24) is 25.5 Å². The molecular weight excluding hydrogens is 414 g/mol. The summed E-state index contributed by atoms with van der Waals surface area (Å²) in [6.07, 6.45) is 4.76. The Morgan fingerprint density at radius 2 is 1.73 bits per heavy atom. The first-order valence-corrected chi connectivity index (χ1v) is 11.6. The largest absolute Gasteiger partial charge is 0.352 e. The number of likely N-dealkylation sites (tertiary alicyclic amines) is 1. The molecule has 33 heavy (non-hydrogen) atoms. The molecule has 170 valence electrons. The number of nitrogens with one attached hydrogen (secondary N) is 3. The molecule has 5 rings (SSSR count). The van der Waals surface area contributed by atoms with Crippen molar-refractivity contribution in [2.24, 2.45) is 0 Å². The van der Waals surface area contributed by atoms with Gasteiger partial charge in [0, 0.05) is 50.3 Å². The van der Waals surface area contributed by atoms with Gasteiger partial charge in [-0.05, 0) is 36.1 Å². The maximum absolute atomic E-state index is 12.7. The van der Waals surface area contributed by atoms with E-state index in [1.807, 2.05) is 59.5 Å². The van der Waals surface area contributed by atoms with Crippen molar-refractivity contribution in [2.45, 2.75) is 31.2 Å². The summed E-state index contributed by atoms with van der Waals surface area (Å²) in [5.41, 5.74) is 4.99. The third kappa shape index (κ3) is 4.41. The van der Waals surface area contributed by atoms with E-state index in [0.717, 1.165) is 42.6 Å². The minimum absolute atomic E-state index is 0.0858. The third-order valence-electron chi connectivity index (χ3n) is 6.86. The Kier molecular flexibility index (Phi) is 5.96. The van der Waals surface area contributed by atoms with E-state index in [0.29, 0.717) is 31.6 Å². The lowest BCUT2D eigenvalue weighted by molar-refractivity contribution is -0.132. The van der Waals surface area contributed by atoms with Gasteiger partial charge in [-0.1, -0.05) is 42.5 Å². The standard InChI is InChI=1S/C26H29N5O2/c32-23(31-16-12-26(13-17-31)24-22(10-15-30-26)28-18-29-24)11-14-27-25(33)21-8-6-20(7-9-21)19-4-2-1-3-5-19/h1-9,18,30H,10-17H2,(H,27,33)(H,28,29). The molecule has 0 aliphatic carbocycles. The first-order valence-electron chi connectivity index (χ1n) is 11.6. The van der Waals surface area contributed by atoms with Crippen molar-refractivity contribution in [3.8, 4) is 11.1 Å². The molecule has 2 aliphatic heterocycles. The van der Waals surface area contributed by atoms with Crippen LogP contribution >= 0.6 is 0 Å². The number of amides is 2. The number of imidazole rings is 1. The number of H-pyrrole nitrogens is 1. The highest BCUT2D eigenvalue weighted by Crippen LogP contribution is 2.35. The van der Waals surface area contributed by atoms with E-state index in [4.69, 9.17) is 0 Å². The van der Waals surface area contributed by atoms with Crippen molar-refractivity contribution < 1.29 is 9.59 Å². The second kappa shape index (κ2) is 9.19. The van der Waals surface area contributed by atoms with Crippen LogP contribution in [0.2, 0.25) is 0 Å². The molecule has 2 amide bonds. The molecule has 0 atom stereocenters.